The third kappa shape index (κ3) is 3.15. The number of hydrogen-bond donors (Lipinski definition) is 0. The third-order valence-corrected chi connectivity index (χ3v) is 5.47. The van der Waals surface area contributed by atoms with Gasteiger partial charge in [0.2, 0.25) is 5.76 Å². The maximum atomic E-state index is 12.7. The molecule has 23 heavy (non-hydrogen) atoms. The van der Waals surface area contributed by atoms with E-state index in [2.05, 4.69) is 21.8 Å². The van der Waals surface area contributed by atoms with Gasteiger partial charge in [0.15, 0.2) is 6.39 Å². The highest BCUT2D eigenvalue weighted by molar-refractivity contribution is 5.92. The number of likely N-dealkylation sites (N-methyl/N-ethyl adjacent to an activating group) is 1. The number of hydrogen-bond acceptors (Lipinski definition) is 5. The van der Waals surface area contributed by atoms with Gasteiger partial charge in [0.1, 0.15) is 0 Å². The number of piperazine rings is 1. The monoisotopic (exact) mass is 318 g/mol. The smallest absolute Gasteiger partial charge is 0.291 e. The SMILES string of the molecule is CN1CCCC(N2CCN(C(=O)c3ocnc3C3CC3)CC2)C1. The number of likely N-dealkylation sites (tertiary alicyclic amines) is 1. The Morgan fingerprint density at radius 1 is 1.17 bits per heavy atom. The van der Waals surface area contributed by atoms with Crippen LogP contribution < -0.4 is 0 Å². The van der Waals surface area contributed by atoms with Crippen molar-refractivity contribution in [2.45, 2.75) is 37.6 Å². The van der Waals surface area contributed by atoms with E-state index < -0.39 is 0 Å². The Morgan fingerprint density at radius 2 is 1.96 bits per heavy atom. The first-order chi connectivity index (χ1) is 11.2. The lowest BCUT2D eigenvalue weighted by Crippen LogP contribution is -2.55. The zero-order valence-electron chi connectivity index (χ0n) is 13.9. The number of rotatable bonds is 3. The Balaban J connectivity index is 1.35. The highest BCUT2D eigenvalue weighted by Crippen LogP contribution is 2.41. The van der Waals surface area contributed by atoms with Crippen molar-refractivity contribution in [1.29, 1.82) is 0 Å². The van der Waals surface area contributed by atoms with Gasteiger partial charge in [-0.1, -0.05) is 0 Å². The molecule has 4 rings (SSSR count). The quantitative estimate of drug-likeness (QED) is 0.843. The molecular weight excluding hydrogens is 292 g/mol. The van der Waals surface area contributed by atoms with Crippen LogP contribution in [0.5, 0.6) is 0 Å². The Morgan fingerprint density at radius 3 is 2.65 bits per heavy atom. The number of amides is 1. The summed E-state index contributed by atoms with van der Waals surface area (Å²) in [6.45, 7) is 5.90. The lowest BCUT2D eigenvalue weighted by Gasteiger charge is -2.42. The normalized spacial score (nSPS) is 27.3. The van der Waals surface area contributed by atoms with E-state index >= 15 is 0 Å². The van der Waals surface area contributed by atoms with Crippen LogP contribution in [-0.4, -0.2) is 77.9 Å². The number of nitrogens with zero attached hydrogens (tertiary/aromatic N) is 4. The molecule has 1 atom stereocenters. The number of carbonyl (C=O) groups excluding carboxylic acids is 1. The lowest BCUT2D eigenvalue weighted by molar-refractivity contribution is 0.0430. The van der Waals surface area contributed by atoms with Crippen LogP contribution in [0.2, 0.25) is 0 Å². The van der Waals surface area contributed by atoms with Crippen molar-refractivity contribution in [1.82, 2.24) is 19.7 Å². The molecule has 1 amide bonds. The predicted octanol–water partition coefficient (Wildman–Crippen LogP) is 1.40. The maximum Gasteiger partial charge on any atom is 0.291 e. The van der Waals surface area contributed by atoms with Gasteiger partial charge in [0.25, 0.3) is 5.91 Å². The number of oxazole rings is 1. The lowest BCUT2D eigenvalue weighted by atomic mass is 10.0. The van der Waals surface area contributed by atoms with Gasteiger partial charge >= 0.3 is 0 Å². The fourth-order valence-electron chi connectivity index (χ4n) is 3.93. The largest absolute Gasteiger partial charge is 0.438 e. The summed E-state index contributed by atoms with van der Waals surface area (Å²) in [5, 5.41) is 0. The summed E-state index contributed by atoms with van der Waals surface area (Å²) in [7, 11) is 2.20. The molecule has 1 aromatic rings. The first kappa shape index (κ1) is 15.1. The molecule has 0 spiro atoms. The molecule has 0 bridgehead atoms. The average Bonchev–Trinajstić information content (AvgIpc) is 3.31. The van der Waals surface area contributed by atoms with E-state index in [0.29, 0.717) is 17.7 Å². The summed E-state index contributed by atoms with van der Waals surface area (Å²) in [6, 6.07) is 0.651. The van der Waals surface area contributed by atoms with Gasteiger partial charge in [-0.05, 0) is 39.3 Å². The Labute approximate surface area is 137 Å². The fourth-order valence-corrected chi connectivity index (χ4v) is 3.93. The number of carbonyl (C=O) groups is 1. The summed E-state index contributed by atoms with van der Waals surface area (Å²) >= 11 is 0. The van der Waals surface area contributed by atoms with Gasteiger partial charge in [-0.15, -0.1) is 0 Å². The molecule has 1 aliphatic carbocycles. The second-order valence-corrected chi connectivity index (χ2v) is 7.23. The van der Waals surface area contributed by atoms with Gasteiger partial charge in [0, 0.05) is 44.7 Å². The molecule has 0 N–H and O–H groups in total. The second kappa shape index (κ2) is 6.24. The zero-order valence-corrected chi connectivity index (χ0v) is 13.9. The molecule has 0 radical (unpaired) electrons. The average molecular weight is 318 g/mol. The maximum absolute atomic E-state index is 12.7. The van der Waals surface area contributed by atoms with Crippen molar-refractivity contribution in [3.63, 3.8) is 0 Å². The minimum Gasteiger partial charge on any atom is -0.438 e. The van der Waals surface area contributed by atoms with Gasteiger partial charge in [-0.3, -0.25) is 9.69 Å². The highest BCUT2D eigenvalue weighted by atomic mass is 16.3. The summed E-state index contributed by atoms with van der Waals surface area (Å²) in [5.41, 5.74) is 0.881. The number of piperidine rings is 1. The molecule has 3 fully saturated rings. The molecule has 2 aliphatic heterocycles. The van der Waals surface area contributed by atoms with Crippen molar-refractivity contribution >= 4 is 5.91 Å². The molecule has 126 valence electrons. The van der Waals surface area contributed by atoms with E-state index in [1.54, 1.807) is 0 Å². The molecule has 1 aromatic heterocycles. The van der Waals surface area contributed by atoms with Crippen LogP contribution in [0.1, 0.15) is 47.8 Å². The second-order valence-electron chi connectivity index (χ2n) is 7.23. The van der Waals surface area contributed by atoms with Gasteiger partial charge in [0.05, 0.1) is 5.69 Å². The zero-order chi connectivity index (χ0) is 15.8. The first-order valence-corrected chi connectivity index (χ1v) is 8.87. The van der Waals surface area contributed by atoms with Crippen molar-refractivity contribution in [2.24, 2.45) is 0 Å². The molecular formula is C17H26N4O2. The van der Waals surface area contributed by atoms with Crippen molar-refractivity contribution in [3.8, 4) is 0 Å². The molecule has 0 aromatic carbocycles. The first-order valence-electron chi connectivity index (χ1n) is 8.87. The topological polar surface area (TPSA) is 52.8 Å². The van der Waals surface area contributed by atoms with Crippen LogP contribution in [0.25, 0.3) is 0 Å². The molecule has 6 nitrogen and oxygen atoms in total. The summed E-state index contributed by atoms with van der Waals surface area (Å²) < 4.78 is 5.42. The molecule has 1 saturated carbocycles. The van der Waals surface area contributed by atoms with Gasteiger partial charge < -0.3 is 14.2 Å². The molecule has 3 aliphatic rings. The molecule has 2 saturated heterocycles. The van der Waals surface area contributed by atoms with Crippen LogP contribution in [0, 0.1) is 0 Å². The summed E-state index contributed by atoms with van der Waals surface area (Å²) in [4.78, 5) is 23.9. The van der Waals surface area contributed by atoms with Crippen LogP contribution >= 0.6 is 0 Å². The standard InChI is InChI=1S/C17H26N4O2/c1-19-6-2-3-14(11-19)20-7-9-21(10-8-20)17(22)16-15(13-4-5-13)18-12-23-16/h12-14H,2-11H2,1H3. The van der Waals surface area contributed by atoms with Gasteiger partial charge in [-0.25, -0.2) is 4.98 Å². The molecule has 3 heterocycles. The summed E-state index contributed by atoms with van der Waals surface area (Å²) in [6.07, 6.45) is 6.26. The van der Waals surface area contributed by atoms with Crippen LogP contribution in [0.15, 0.2) is 10.8 Å². The van der Waals surface area contributed by atoms with Crippen molar-refractivity contribution < 1.29 is 9.21 Å². The van der Waals surface area contributed by atoms with Crippen LogP contribution in [-0.2, 0) is 0 Å². The highest BCUT2D eigenvalue weighted by Gasteiger charge is 2.35. The van der Waals surface area contributed by atoms with Crippen LogP contribution in [0.3, 0.4) is 0 Å². The Kier molecular flexibility index (Phi) is 4.11. The van der Waals surface area contributed by atoms with E-state index in [0.717, 1.165) is 51.3 Å². The van der Waals surface area contributed by atoms with E-state index in [1.807, 2.05) is 4.90 Å². The minimum atomic E-state index is 0.0322. The fraction of sp³-hybridized carbons (Fsp3) is 0.765. The third-order valence-electron chi connectivity index (χ3n) is 5.47. The Hall–Kier alpha value is -1.40. The van der Waals surface area contributed by atoms with Crippen molar-refractivity contribution in [2.75, 3.05) is 46.3 Å². The van der Waals surface area contributed by atoms with E-state index in [4.69, 9.17) is 4.42 Å². The van der Waals surface area contributed by atoms with E-state index in [-0.39, 0.29) is 5.91 Å². The molecule has 6 heteroatoms. The molecule has 1 unspecified atom stereocenters. The number of aromatic nitrogens is 1. The van der Waals surface area contributed by atoms with Gasteiger partial charge in [-0.2, -0.15) is 0 Å². The predicted molar refractivity (Wildman–Crippen MR) is 86.5 cm³/mol. The Bertz CT molecular complexity index is 561. The summed E-state index contributed by atoms with van der Waals surface area (Å²) in [5.74, 6) is 0.968. The van der Waals surface area contributed by atoms with Crippen LogP contribution in [0.4, 0.5) is 0 Å². The van der Waals surface area contributed by atoms with E-state index in [1.165, 1.54) is 25.8 Å². The van der Waals surface area contributed by atoms with E-state index in [9.17, 15) is 4.79 Å². The minimum absolute atomic E-state index is 0.0322. The van der Waals surface area contributed by atoms with Crippen molar-refractivity contribution in [3.05, 3.63) is 17.8 Å².